The van der Waals surface area contributed by atoms with Crippen LogP contribution in [0.15, 0.2) is 18.5 Å². The van der Waals surface area contributed by atoms with Crippen molar-refractivity contribution in [2.24, 2.45) is 12.8 Å². The Bertz CT molecular complexity index is 591. The summed E-state index contributed by atoms with van der Waals surface area (Å²) in [5, 5.41) is 0. The van der Waals surface area contributed by atoms with Gasteiger partial charge in [-0.1, -0.05) is 0 Å². The van der Waals surface area contributed by atoms with Crippen LogP contribution in [0.4, 0.5) is 0 Å². The Kier molecular flexibility index (Phi) is 3.76. The van der Waals surface area contributed by atoms with Gasteiger partial charge in [0.1, 0.15) is 11.5 Å². The highest BCUT2D eigenvalue weighted by molar-refractivity contribution is 5.72. The quantitative estimate of drug-likeness (QED) is 0.912. The predicted octanol–water partition coefficient (Wildman–Crippen LogP) is 1.87. The molecule has 1 aromatic heterocycles. The zero-order chi connectivity index (χ0) is 14.0. The maximum atomic E-state index is 5.79. The maximum absolute atomic E-state index is 5.79. The second-order valence-electron chi connectivity index (χ2n) is 4.38. The van der Waals surface area contributed by atoms with Gasteiger partial charge in [-0.15, -0.1) is 0 Å². The van der Waals surface area contributed by atoms with Crippen LogP contribution in [0, 0.1) is 6.92 Å². The fourth-order valence-electron chi connectivity index (χ4n) is 2.16. The number of hydrogen-bond acceptors (Lipinski definition) is 4. The van der Waals surface area contributed by atoms with E-state index in [0.717, 1.165) is 34.0 Å². The van der Waals surface area contributed by atoms with Crippen LogP contribution < -0.4 is 15.2 Å². The van der Waals surface area contributed by atoms with E-state index < -0.39 is 0 Å². The molecule has 102 valence electrons. The van der Waals surface area contributed by atoms with Crippen LogP contribution in [0.1, 0.15) is 11.3 Å². The van der Waals surface area contributed by atoms with Crippen molar-refractivity contribution in [2.45, 2.75) is 13.5 Å². The lowest BCUT2D eigenvalue weighted by molar-refractivity contribution is 0.401. The molecule has 1 aromatic carbocycles. The summed E-state index contributed by atoms with van der Waals surface area (Å²) in [4.78, 5) is 4.42. The minimum absolute atomic E-state index is 0.422. The molecule has 0 aliphatic carbocycles. The van der Waals surface area contributed by atoms with Crippen molar-refractivity contribution in [1.82, 2.24) is 9.55 Å². The topological polar surface area (TPSA) is 62.3 Å². The van der Waals surface area contributed by atoms with Gasteiger partial charge < -0.3 is 19.8 Å². The van der Waals surface area contributed by atoms with Crippen molar-refractivity contribution in [3.05, 3.63) is 29.7 Å². The zero-order valence-corrected chi connectivity index (χ0v) is 11.7. The molecule has 0 fully saturated rings. The Balaban J connectivity index is 2.66. The molecule has 0 aliphatic rings. The third-order valence-corrected chi connectivity index (χ3v) is 3.22. The summed E-state index contributed by atoms with van der Waals surface area (Å²) in [5.74, 6) is 1.58. The SMILES string of the molecule is COc1cc(-c2ncn(C)c2CN)c(OC)cc1C. The molecular weight excluding hydrogens is 242 g/mol. The molecule has 0 bridgehead atoms. The third-order valence-electron chi connectivity index (χ3n) is 3.22. The lowest BCUT2D eigenvalue weighted by Crippen LogP contribution is -2.04. The first-order valence-electron chi connectivity index (χ1n) is 6.05. The fraction of sp³-hybridized carbons (Fsp3) is 0.357. The second-order valence-corrected chi connectivity index (χ2v) is 4.38. The van der Waals surface area contributed by atoms with Crippen molar-refractivity contribution in [3.8, 4) is 22.8 Å². The van der Waals surface area contributed by atoms with Crippen LogP contribution in [0.25, 0.3) is 11.3 Å². The van der Waals surface area contributed by atoms with E-state index in [4.69, 9.17) is 15.2 Å². The first kappa shape index (κ1) is 13.4. The molecule has 0 saturated carbocycles. The molecule has 19 heavy (non-hydrogen) atoms. The number of aromatic nitrogens is 2. The molecule has 2 N–H and O–H groups in total. The van der Waals surface area contributed by atoms with Gasteiger partial charge >= 0.3 is 0 Å². The minimum Gasteiger partial charge on any atom is -0.496 e. The number of rotatable bonds is 4. The highest BCUT2D eigenvalue weighted by Crippen LogP contribution is 2.36. The van der Waals surface area contributed by atoms with Crippen molar-refractivity contribution in [1.29, 1.82) is 0 Å². The number of aryl methyl sites for hydroxylation is 2. The van der Waals surface area contributed by atoms with E-state index in [1.54, 1.807) is 20.5 Å². The first-order valence-corrected chi connectivity index (χ1v) is 6.05. The average molecular weight is 261 g/mol. The summed E-state index contributed by atoms with van der Waals surface area (Å²) >= 11 is 0. The smallest absolute Gasteiger partial charge is 0.128 e. The number of benzene rings is 1. The van der Waals surface area contributed by atoms with Crippen molar-refractivity contribution in [2.75, 3.05) is 14.2 Å². The third kappa shape index (κ3) is 2.29. The highest BCUT2D eigenvalue weighted by atomic mass is 16.5. The van der Waals surface area contributed by atoms with E-state index in [9.17, 15) is 0 Å². The zero-order valence-electron chi connectivity index (χ0n) is 11.7. The van der Waals surface area contributed by atoms with Crippen LogP contribution in [0.5, 0.6) is 11.5 Å². The second kappa shape index (κ2) is 5.32. The van der Waals surface area contributed by atoms with Gasteiger partial charge in [0.05, 0.1) is 31.9 Å². The molecule has 1 heterocycles. The number of nitrogens with two attached hydrogens (primary N) is 1. The average Bonchev–Trinajstić information content (AvgIpc) is 2.79. The Labute approximate surface area is 113 Å². The molecule has 0 aliphatic heterocycles. The van der Waals surface area contributed by atoms with E-state index in [2.05, 4.69) is 4.98 Å². The molecule has 0 radical (unpaired) electrons. The first-order chi connectivity index (χ1) is 9.12. The van der Waals surface area contributed by atoms with Gasteiger partial charge in [-0.3, -0.25) is 0 Å². The summed E-state index contributed by atoms with van der Waals surface area (Å²) in [5.41, 5.74) is 9.50. The van der Waals surface area contributed by atoms with Crippen LogP contribution in [0.3, 0.4) is 0 Å². The maximum Gasteiger partial charge on any atom is 0.128 e. The Morgan fingerprint density at radius 1 is 1.21 bits per heavy atom. The highest BCUT2D eigenvalue weighted by Gasteiger charge is 2.16. The standard InChI is InChI=1S/C14H19N3O2/c1-9-5-13(19-4)10(6-12(9)18-3)14-11(7-15)17(2)8-16-14/h5-6,8H,7,15H2,1-4H3. The van der Waals surface area contributed by atoms with Crippen LogP contribution in [0.2, 0.25) is 0 Å². The molecule has 5 nitrogen and oxygen atoms in total. The summed E-state index contributed by atoms with van der Waals surface area (Å²) in [6.07, 6.45) is 1.75. The number of hydrogen-bond donors (Lipinski definition) is 1. The Morgan fingerprint density at radius 2 is 1.89 bits per heavy atom. The Hall–Kier alpha value is -2.01. The molecule has 2 aromatic rings. The predicted molar refractivity (Wildman–Crippen MR) is 74.4 cm³/mol. The van der Waals surface area contributed by atoms with Gasteiger partial charge in [-0.2, -0.15) is 0 Å². The molecule has 2 rings (SSSR count). The summed E-state index contributed by atoms with van der Waals surface area (Å²) < 4.78 is 12.7. The van der Waals surface area contributed by atoms with Crippen LogP contribution in [-0.4, -0.2) is 23.8 Å². The molecule has 0 saturated heterocycles. The number of nitrogens with zero attached hydrogens (tertiary/aromatic N) is 2. The largest absolute Gasteiger partial charge is 0.496 e. The summed E-state index contributed by atoms with van der Waals surface area (Å²) in [7, 11) is 5.23. The van der Waals surface area contributed by atoms with E-state index in [0.29, 0.717) is 6.54 Å². The van der Waals surface area contributed by atoms with Gasteiger partial charge in [-0.05, 0) is 24.6 Å². The normalized spacial score (nSPS) is 10.6. The lowest BCUT2D eigenvalue weighted by Gasteiger charge is -2.13. The van der Waals surface area contributed by atoms with Gasteiger partial charge in [0.15, 0.2) is 0 Å². The number of methoxy groups -OCH3 is 2. The van der Waals surface area contributed by atoms with Crippen molar-refractivity contribution >= 4 is 0 Å². The van der Waals surface area contributed by atoms with Gasteiger partial charge in [0.25, 0.3) is 0 Å². The molecular formula is C14H19N3O2. The van der Waals surface area contributed by atoms with Gasteiger partial charge in [0.2, 0.25) is 0 Å². The summed E-state index contributed by atoms with van der Waals surface area (Å²) in [6, 6.07) is 3.89. The lowest BCUT2D eigenvalue weighted by atomic mass is 10.1. The number of ether oxygens (including phenoxy) is 2. The summed E-state index contributed by atoms with van der Waals surface area (Å²) in [6.45, 7) is 2.40. The molecule has 0 atom stereocenters. The monoisotopic (exact) mass is 261 g/mol. The molecule has 0 spiro atoms. The minimum atomic E-state index is 0.422. The van der Waals surface area contributed by atoms with E-state index in [-0.39, 0.29) is 0 Å². The number of imidazole rings is 1. The molecule has 0 unspecified atom stereocenters. The van der Waals surface area contributed by atoms with E-state index in [1.807, 2.05) is 30.7 Å². The van der Waals surface area contributed by atoms with Crippen molar-refractivity contribution in [3.63, 3.8) is 0 Å². The van der Waals surface area contributed by atoms with E-state index in [1.165, 1.54) is 0 Å². The van der Waals surface area contributed by atoms with Crippen molar-refractivity contribution < 1.29 is 9.47 Å². The van der Waals surface area contributed by atoms with Crippen LogP contribution >= 0.6 is 0 Å². The molecule has 5 heteroatoms. The Morgan fingerprint density at radius 3 is 2.47 bits per heavy atom. The van der Waals surface area contributed by atoms with Crippen LogP contribution in [-0.2, 0) is 13.6 Å². The fourth-order valence-corrected chi connectivity index (χ4v) is 2.16. The van der Waals surface area contributed by atoms with E-state index >= 15 is 0 Å². The molecule has 0 amide bonds. The van der Waals surface area contributed by atoms with Gasteiger partial charge in [0, 0.05) is 19.2 Å². The van der Waals surface area contributed by atoms with Gasteiger partial charge in [-0.25, -0.2) is 4.98 Å².